The molecule has 1 N–H and O–H groups in total. The number of carboxylic acids is 1. The van der Waals surface area contributed by atoms with Gasteiger partial charge in [0.25, 0.3) is 0 Å². The average molecular weight is 395 g/mol. The summed E-state index contributed by atoms with van der Waals surface area (Å²) < 4.78 is 6.15. The van der Waals surface area contributed by atoms with Crippen LogP contribution in [0.4, 0.5) is 0 Å². The lowest BCUT2D eigenvalue weighted by Gasteiger charge is -2.37. The Kier molecular flexibility index (Phi) is 8.82. The van der Waals surface area contributed by atoms with Gasteiger partial charge in [-0.3, -0.25) is 9.59 Å². The number of hydrogen-bond donors (Lipinski definition) is 1. The molecular weight excluding hydrogens is 352 g/mol. The van der Waals surface area contributed by atoms with Crippen LogP contribution in [-0.2, 0) is 14.3 Å². The van der Waals surface area contributed by atoms with Gasteiger partial charge >= 0.3 is 11.9 Å². The molecule has 4 nitrogen and oxygen atoms in total. The van der Waals surface area contributed by atoms with Gasteiger partial charge in [0, 0.05) is 0 Å². The minimum absolute atomic E-state index is 0.0387. The van der Waals surface area contributed by atoms with Crippen LogP contribution in [-0.4, -0.2) is 23.1 Å². The zero-order valence-electron chi connectivity index (χ0n) is 18.7. The lowest BCUT2D eigenvalue weighted by atomic mass is 9.72. The van der Waals surface area contributed by atoms with Crippen LogP contribution in [0.2, 0.25) is 0 Å². The Hall–Kier alpha value is -1.06. The predicted octanol–water partition coefficient (Wildman–Crippen LogP) is 5.93. The van der Waals surface area contributed by atoms with E-state index in [1.165, 1.54) is 19.3 Å². The zero-order valence-corrected chi connectivity index (χ0v) is 18.7. The van der Waals surface area contributed by atoms with Crippen LogP contribution < -0.4 is 0 Å². The van der Waals surface area contributed by atoms with E-state index in [4.69, 9.17) is 4.74 Å². The van der Waals surface area contributed by atoms with E-state index in [0.717, 1.165) is 38.0 Å². The minimum atomic E-state index is -0.843. The maximum absolute atomic E-state index is 13.1. The van der Waals surface area contributed by atoms with E-state index in [9.17, 15) is 14.7 Å². The van der Waals surface area contributed by atoms with Crippen LogP contribution in [0, 0.1) is 41.4 Å². The highest BCUT2D eigenvalue weighted by Crippen LogP contribution is 2.39. The molecule has 0 amide bonds. The topological polar surface area (TPSA) is 63.6 Å². The van der Waals surface area contributed by atoms with E-state index in [1.807, 2.05) is 6.92 Å². The van der Waals surface area contributed by atoms with Gasteiger partial charge in [0.1, 0.15) is 6.10 Å². The molecule has 0 saturated heterocycles. The van der Waals surface area contributed by atoms with Gasteiger partial charge < -0.3 is 9.84 Å². The van der Waals surface area contributed by atoms with E-state index in [2.05, 4.69) is 27.7 Å². The fourth-order valence-corrected chi connectivity index (χ4v) is 5.28. The maximum atomic E-state index is 13.1. The van der Waals surface area contributed by atoms with Crippen molar-refractivity contribution in [2.75, 3.05) is 0 Å². The Bertz CT molecular complexity index is 507. The van der Waals surface area contributed by atoms with Gasteiger partial charge in [-0.25, -0.2) is 0 Å². The van der Waals surface area contributed by atoms with Gasteiger partial charge in [-0.2, -0.15) is 0 Å². The van der Waals surface area contributed by atoms with Crippen molar-refractivity contribution >= 4 is 11.9 Å². The number of aliphatic carboxylic acids is 1. The molecule has 2 aliphatic carbocycles. The van der Waals surface area contributed by atoms with Crippen LogP contribution in [0.1, 0.15) is 92.4 Å². The third-order valence-electron chi connectivity index (χ3n) is 7.81. The highest BCUT2D eigenvalue weighted by Gasteiger charge is 2.42. The number of rotatable bonds is 8. The van der Waals surface area contributed by atoms with Crippen LogP contribution >= 0.6 is 0 Å². The lowest BCUT2D eigenvalue weighted by Crippen LogP contribution is -2.41. The molecule has 5 atom stereocenters. The molecule has 162 valence electrons. The number of esters is 1. The molecule has 0 aromatic rings. The first-order valence-corrected chi connectivity index (χ1v) is 11.7. The van der Waals surface area contributed by atoms with E-state index in [1.54, 1.807) is 0 Å². The first kappa shape index (κ1) is 23.2. The Morgan fingerprint density at radius 2 is 1.68 bits per heavy atom. The Morgan fingerprint density at radius 1 is 1.04 bits per heavy atom. The first-order chi connectivity index (χ1) is 13.2. The summed E-state index contributed by atoms with van der Waals surface area (Å²) in [6, 6.07) is 0. The van der Waals surface area contributed by atoms with Crippen molar-refractivity contribution in [3.05, 3.63) is 0 Å². The van der Waals surface area contributed by atoms with Crippen molar-refractivity contribution in [1.29, 1.82) is 0 Å². The summed E-state index contributed by atoms with van der Waals surface area (Å²) in [5.74, 6) is 0.143. The zero-order chi connectivity index (χ0) is 20.8. The molecule has 0 bridgehead atoms. The van der Waals surface area contributed by atoms with Crippen molar-refractivity contribution in [3.8, 4) is 0 Å². The summed E-state index contributed by atoms with van der Waals surface area (Å²) >= 11 is 0. The summed E-state index contributed by atoms with van der Waals surface area (Å²) in [5, 5.41) is 9.68. The van der Waals surface area contributed by atoms with Crippen LogP contribution in [0.15, 0.2) is 0 Å². The van der Waals surface area contributed by atoms with E-state index >= 15 is 0 Å². The SMILES string of the molecule is CCC1CCC(C(CC(C)C(C)C)OC(=O)C2CCCC(C)C2C(=O)O)CC1. The number of carbonyl (C=O) groups excluding carboxylic acids is 1. The van der Waals surface area contributed by atoms with E-state index in [-0.39, 0.29) is 18.0 Å². The molecule has 5 unspecified atom stereocenters. The second-order valence-corrected chi connectivity index (χ2v) is 10.0. The lowest BCUT2D eigenvalue weighted by molar-refractivity contribution is -0.169. The molecular formula is C24H42O4. The van der Waals surface area contributed by atoms with E-state index < -0.39 is 17.8 Å². The number of ether oxygens (including phenoxy) is 1. The third kappa shape index (κ3) is 5.97. The van der Waals surface area contributed by atoms with Gasteiger partial charge in [-0.15, -0.1) is 0 Å². The van der Waals surface area contributed by atoms with Crippen molar-refractivity contribution in [3.63, 3.8) is 0 Å². The molecule has 2 rings (SSSR count). The largest absolute Gasteiger partial charge is 0.481 e. The number of carboxylic acid groups (broad SMARTS) is 1. The highest BCUT2D eigenvalue weighted by molar-refractivity contribution is 5.81. The molecule has 2 saturated carbocycles. The van der Waals surface area contributed by atoms with Gasteiger partial charge in [-0.1, -0.05) is 60.3 Å². The summed E-state index contributed by atoms with van der Waals surface area (Å²) in [6.45, 7) is 10.9. The molecule has 4 heteroatoms. The van der Waals surface area contributed by atoms with E-state index in [0.29, 0.717) is 24.2 Å². The highest BCUT2D eigenvalue weighted by atomic mass is 16.5. The fraction of sp³-hybridized carbons (Fsp3) is 0.917. The normalized spacial score (nSPS) is 33.3. The molecule has 0 aromatic carbocycles. The molecule has 2 fully saturated rings. The van der Waals surface area contributed by atoms with Crippen molar-refractivity contribution in [1.82, 2.24) is 0 Å². The van der Waals surface area contributed by atoms with Crippen LogP contribution in [0.25, 0.3) is 0 Å². The second-order valence-electron chi connectivity index (χ2n) is 10.0. The molecule has 0 aliphatic heterocycles. The quantitative estimate of drug-likeness (QED) is 0.518. The summed E-state index contributed by atoms with van der Waals surface area (Å²) in [4.78, 5) is 24.9. The number of hydrogen-bond acceptors (Lipinski definition) is 3. The molecule has 0 spiro atoms. The summed E-state index contributed by atoms with van der Waals surface area (Å²) in [7, 11) is 0. The molecule has 2 aliphatic rings. The summed E-state index contributed by atoms with van der Waals surface area (Å²) in [6.07, 6.45) is 9.23. The Balaban J connectivity index is 2.09. The first-order valence-electron chi connectivity index (χ1n) is 11.7. The van der Waals surface area contributed by atoms with Crippen LogP contribution in [0.3, 0.4) is 0 Å². The van der Waals surface area contributed by atoms with Crippen molar-refractivity contribution < 1.29 is 19.4 Å². The third-order valence-corrected chi connectivity index (χ3v) is 7.81. The van der Waals surface area contributed by atoms with Gasteiger partial charge in [0.2, 0.25) is 0 Å². The standard InChI is InChI=1S/C24H42O4/c1-6-18-10-12-19(13-11-18)21(14-17(5)15(2)3)28-24(27)20-9-7-8-16(4)22(20)23(25)26/h15-22H,6-14H2,1-5H3,(H,25,26). The Labute approximate surface area is 171 Å². The predicted molar refractivity (Wildman–Crippen MR) is 112 cm³/mol. The molecule has 0 radical (unpaired) electrons. The molecule has 0 heterocycles. The van der Waals surface area contributed by atoms with Crippen LogP contribution in [0.5, 0.6) is 0 Å². The smallest absolute Gasteiger partial charge is 0.310 e. The number of carbonyl (C=O) groups is 2. The van der Waals surface area contributed by atoms with Crippen molar-refractivity contribution in [2.45, 2.75) is 98.5 Å². The fourth-order valence-electron chi connectivity index (χ4n) is 5.28. The Morgan fingerprint density at radius 3 is 2.21 bits per heavy atom. The van der Waals surface area contributed by atoms with Gasteiger partial charge in [0.05, 0.1) is 11.8 Å². The monoisotopic (exact) mass is 394 g/mol. The van der Waals surface area contributed by atoms with Gasteiger partial charge in [0.15, 0.2) is 0 Å². The van der Waals surface area contributed by atoms with Gasteiger partial charge in [-0.05, 0) is 61.7 Å². The molecule has 0 aromatic heterocycles. The molecule has 28 heavy (non-hydrogen) atoms. The average Bonchev–Trinajstić information content (AvgIpc) is 2.66. The minimum Gasteiger partial charge on any atom is -0.481 e. The maximum Gasteiger partial charge on any atom is 0.310 e. The summed E-state index contributed by atoms with van der Waals surface area (Å²) in [5.41, 5.74) is 0. The van der Waals surface area contributed by atoms with Crippen molar-refractivity contribution in [2.24, 2.45) is 41.4 Å². The second kappa shape index (κ2) is 10.6.